The average Bonchev–Trinajstić information content (AvgIpc) is 3.46. The highest BCUT2D eigenvalue weighted by atomic mass is 16.3. The molecule has 1 aliphatic heterocycles. The lowest BCUT2D eigenvalue weighted by Crippen LogP contribution is -2.45. The minimum Gasteiger partial charge on any atom is -0.469 e. The van der Waals surface area contributed by atoms with Gasteiger partial charge in [0.25, 0.3) is 0 Å². The normalized spacial score (nSPS) is 17.8. The van der Waals surface area contributed by atoms with Crippen LogP contribution in [0.1, 0.15) is 42.6 Å². The van der Waals surface area contributed by atoms with Crippen molar-refractivity contribution >= 4 is 11.8 Å². The fraction of sp³-hybridized carbons (Fsp3) is 0.333. The molecular weight excluding hydrogens is 400 g/mol. The minimum absolute atomic E-state index is 0.0502. The summed E-state index contributed by atoms with van der Waals surface area (Å²) in [5, 5.41) is 3.14. The fourth-order valence-electron chi connectivity index (χ4n) is 4.44. The predicted octanol–water partition coefficient (Wildman–Crippen LogP) is 4.52. The number of hydrogen-bond acceptors (Lipinski definition) is 3. The summed E-state index contributed by atoms with van der Waals surface area (Å²) < 4.78 is 5.53. The Hall–Kier alpha value is -3.34. The second-order valence-electron chi connectivity index (χ2n) is 8.62. The molecule has 1 atom stereocenters. The summed E-state index contributed by atoms with van der Waals surface area (Å²) in [5.41, 5.74) is 1.92. The van der Waals surface area contributed by atoms with Gasteiger partial charge in [0, 0.05) is 37.9 Å². The summed E-state index contributed by atoms with van der Waals surface area (Å²) in [5.74, 6) is 1.00. The maximum Gasteiger partial charge on any atom is 0.222 e. The number of amides is 2. The van der Waals surface area contributed by atoms with Crippen LogP contribution in [0.25, 0.3) is 0 Å². The Morgan fingerprint density at radius 3 is 2.31 bits per heavy atom. The summed E-state index contributed by atoms with van der Waals surface area (Å²) in [4.78, 5) is 27.3. The quantitative estimate of drug-likeness (QED) is 0.514. The molecule has 32 heavy (non-hydrogen) atoms. The van der Waals surface area contributed by atoms with Gasteiger partial charge in [0.05, 0.1) is 6.26 Å². The number of carbonyl (C=O) groups is 2. The Labute approximate surface area is 189 Å². The van der Waals surface area contributed by atoms with E-state index in [2.05, 4.69) is 29.6 Å². The lowest BCUT2D eigenvalue weighted by molar-refractivity contribution is -0.132. The van der Waals surface area contributed by atoms with E-state index in [-0.39, 0.29) is 11.8 Å². The SMILES string of the molecule is O=C1CC[C@](CCC(=O)N(CCc2ccccc2)Cc2ccccc2)(Cc2ccco2)N1. The van der Waals surface area contributed by atoms with E-state index in [1.54, 1.807) is 6.26 Å². The van der Waals surface area contributed by atoms with Crippen molar-refractivity contribution in [3.8, 4) is 0 Å². The smallest absolute Gasteiger partial charge is 0.222 e. The van der Waals surface area contributed by atoms with Gasteiger partial charge < -0.3 is 14.6 Å². The summed E-state index contributed by atoms with van der Waals surface area (Å²) in [6.07, 6.45) is 5.29. The lowest BCUT2D eigenvalue weighted by atomic mass is 9.87. The van der Waals surface area contributed by atoms with Crippen LogP contribution in [0.2, 0.25) is 0 Å². The first kappa shape index (κ1) is 21.9. The molecule has 2 heterocycles. The Bertz CT molecular complexity index is 1000. The molecule has 3 aromatic rings. The van der Waals surface area contributed by atoms with Crippen molar-refractivity contribution < 1.29 is 14.0 Å². The number of hydrogen-bond donors (Lipinski definition) is 1. The van der Waals surface area contributed by atoms with Gasteiger partial charge in [0.1, 0.15) is 5.76 Å². The molecule has 0 unspecified atom stereocenters. The Morgan fingerprint density at radius 1 is 0.969 bits per heavy atom. The summed E-state index contributed by atoms with van der Waals surface area (Å²) in [6.45, 7) is 1.25. The van der Waals surface area contributed by atoms with E-state index in [0.29, 0.717) is 38.8 Å². The fourth-order valence-corrected chi connectivity index (χ4v) is 4.44. The first-order chi connectivity index (χ1) is 15.6. The summed E-state index contributed by atoms with van der Waals surface area (Å²) in [6, 6.07) is 24.1. The Kier molecular flexibility index (Phi) is 7.05. The molecule has 4 rings (SSSR count). The van der Waals surface area contributed by atoms with E-state index in [1.165, 1.54) is 5.56 Å². The van der Waals surface area contributed by atoms with E-state index in [9.17, 15) is 9.59 Å². The van der Waals surface area contributed by atoms with Crippen LogP contribution in [0, 0.1) is 0 Å². The van der Waals surface area contributed by atoms with Gasteiger partial charge in [-0.2, -0.15) is 0 Å². The second kappa shape index (κ2) is 10.3. The van der Waals surface area contributed by atoms with Crippen LogP contribution in [-0.4, -0.2) is 28.8 Å². The molecule has 0 saturated carbocycles. The van der Waals surface area contributed by atoms with Gasteiger partial charge in [0.2, 0.25) is 11.8 Å². The molecule has 1 aromatic heterocycles. The van der Waals surface area contributed by atoms with Gasteiger partial charge in [-0.05, 0) is 42.5 Å². The average molecular weight is 431 g/mol. The van der Waals surface area contributed by atoms with Gasteiger partial charge >= 0.3 is 0 Å². The van der Waals surface area contributed by atoms with E-state index in [4.69, 9.17) is 4.42 Å². The lowest BCUT2D eigenvalue weighted by Gasteiger charge is -2.30. The van der Waals surface area contributed by atoms with Crippen LogP contribution in [-0.2, 0) is 29.0 Å². The van der Waals surface area contributed by atoms with Crippen LogP contribution in [0.3, 0.4) is 0 Å². The monoisotopic (exact) mass is 430 g/mol. The highest BCUT2D eigenvalue weighted by molar-refractivity contribution is 5.80. The molecule has 0 aliphatic carbocycles. The van der Waals surface area contributed by atoms with Gasteiger partial charge in [0.15, 0.2) is 0 Å². The van der Waals surface area contributed by atoms with Gasteiger partial charge in [-0.3, -0.25) is 9.59 Å². The zero-order chi connectivity index (χ0) is 22.2. The van der Waals surface area contributed by atoms with Crippen molar-refractivity contribution in [2.45, 2.75) is 50.6 Å². The van der Waals surface area contributed by atoms with Crippen molar-refractivity contribution in [1.29, 1.82) is 0 Å². The van der Waals surface area contributed by atoms with E-state index in [1.807, 2.05) is 53.4 Å². The molecule has 2 aromatic carbocycles. The van der Waals surface area contributed by atoms with Crippen molar-refractivity contribution in [3.63, 3.8) is 0 Å². The molecule has 5 nitrogen and oxygen atoms in total. The maximum atomic E-state index is 13.3. The summed E-state index contributed by atoms with van der Waals surface area (Å²) >= 11 is 0. The first-order valence-electron chi connectivity index (χ1n) is 11.3. The maximum absolute atomic E-state index is 13.3. The summed E-state index contributed by atoms with van der Waals surface area (Å²) in [7, 11) is 0. The first-order valence-corrected chi connectivity index (χ1v) is 11.3. The molecule has 5 heteroatoms. The zero-order valence-corrected chi connectivity index (χ0v) is 18.3. The van der Waals surface area contributed by atoms with Crippen molar-refractivity contribution in [2.75, 3.05) is 6.54 Å². The molecule has 1 aliphatic rings. The third-order valence-electron chi connectivity index (χ3n) is 6.23. The van der Waals surface area contributed by atoms with Gasteiger partial charge in [-0.25, -0.2) is 0 Å². The highest BCUT2D eigenvalue weighted by Gasteiger charge is 2.39. The van der Waals surface area contributed by atoms with Crippen molar-refractivity contribution in [3.05, 3.63) is 95.9 Å². The molecule has 1 fully saturated rings. The topological polar surface area (TPSA) is 62.6 Å². The Balaban J connectivity index is 1.43. The second-order valence-corrected chi connectivity index (χ2v) is 8.62. The van der Waals surface area contributed by atoms with Crippen molar-refractivity contribution in [2.24, 2.45) is 0 Å². The molecule has 1 saturated heterocycles. The molecule has 2 amide bonds. The van der Waals surface area contributed by atoms with Crippen molar-refractivity contribution in [1.82, 2.24) is 10.2 Å². The molecule has 0 bridgehead atoms. The minimum atomic E-state index is -0.414. The van der Waals surface area contributed by atoms with Crippen LogP contribution in [0.15, 0.2) is 83.5 Å². The van der Waals surface area contributed by atoms with Crippen LogP contribution < -0.4 is 5.32 Å². The number of nitrogens with one attached hydrogen (secondary N) is 1. The third-order valence-corrected chi connectivity index (χ3v) is 6.23. The van der Waals surface area contributed by atoms with Crippen LogP contribution in [0.4, 0.5) is 0 Å². The molecule has 0 spiro atoms. The predicted molar refractivity (Wildman–Crippen MR) is 124 cm³/mol. The van der Waals surface area contributed by atoms with E-state index in [0.717, 1.165) is 24.2 Å². The number of benzene rings is 2. The number of rotatable bonds is 10. The van der Waals surface area contributed by atoms with E-state index < -0.39 is 5.54 Å². The van der Waals surface area contributed by atoms with Crippen LogP contribution in [0.5, 0.6) is 0 Å². The van der Waals surface area contributed by atoms with Gasteiger partial charge in [-0.15, -0.1) is 0 Å². The van der Waals surface area contributed by atoms with Gasteiger partial charge in [-0.1, -0.05) is 60.7 Å². The third kappa shape index (κ3) is 5.88. The molecule has 166 valence electrons. The zero-order valence-electron chi connectivity index (χ0n) is 18.3. The molecule has 0 radical (unpaired) electrons. The largest absolute Gasteiger partial charge is 0.469 e. The van der Waals surface area contributed by atoms with Crippen LogP contribution >= 0.6 is 0 Å². The number of carbonyl (C=O) groups excluding carboxylic acids is 2. The molecular formula is C27H30N2O3. The number of nitrogens with zero attached hydrogens (tertiary/aromatic N) is 1. The standard InChI is InChI=1S/C27H30N2O3/c30-25-13-16-27(28-25,20-24-12-7-19-32-24)17-14-26(31)29(21-23-10-5-2-6-11-23)18-15-22-8-3-1-4-9-22/h1-12,19H,13-18,20-21H2,(H,28,30)/t27-/m0/s1. The van der Waals surface area contributed by atoms with E-state index >= 15 is 0 Å². The number of furan rings is 1. The highest BCUT2D eigenvalue weighted by Crippen LogP contribution is 2.30. The molecule has 1 N–H and O–H groups in total. The Morgan fingerprint density at radius 2 is 1.69 bits per heavy atom.